The van der Waals surface area contributed by atoms with Crippen molar-refractivity contribution < 1.29 is 4.42 Å². The Hall–Kier alpha value is -2.73. The molecule has 1 fully saturated rings. The molecule has 28 heavy (non-hydrogen) atoms. The molecule has 0 saturated heterocycles. The Labute approximate surface area is 165 Å². The van der Waals surface area contributed by atoms with Gasteiger partial charge in [-0.25, -0.2) is 0 Å². The number of para-hydroxylation sites is 1. The van der Waals surface area contributed by atoms with Gasteiger partial charge >= 0.3 is 0 Å². The van der Waals surface area contributed by atoms with Crippen LogP contribution >= 0.6 is 11.3 Å². The summed E-state index contributed by atoms with van der Waals surface area (Å²) in [6, 6.07) is 11.0. The highest BCUT2D eigenvalue weighted by atomic mass is 32.1. The molecule has 0 radical (unpaired) electrons. The Morgan fingerprint density at radius 1 is 1.00 bits per heavy atom. The van der Waals surface area contributed by atoms with Crippen LogP contribution in [-0.4, -0.2) is 9.55 Å². The van der Waals surface area contributed by atoms with Gasteiger partial charge in [0.2, 0.25) is 11.1 Å². The van der Waals surface area contributed by atoms with Crippen molar-refractivity contribution >= 4 is 33.4 Å². The third kappa shape index (κ3) is 2.79. The van der Waals surface area contributed by atoms with Gasteiger partial charge in [-0.3, -0.25) is 14.2 Å². The van der Waals surface area contributed by atoms with E-state index in [1.54, 1.807) is 34.1 Å². The predicted octanol–water partition coefficient (Wildman–Crippen LogP) is 5.13. The van der Waals surface area contributed by atoms with E-state index < -0.39 is 0 Å². The maximum atomic E-state index is 13.6. The Bertz CT molecular complexity index is 1260. The van der Waals surface area contributed by atoms with Gasteiger partial charge in [-0.1, -0.05) is 43.9 Å². The van der Waals surface area contributed by atoms with Gasteiger partial charge in [0, 0.05) is 6.04 Å². The van der Waals surface area contributed by atoms with Gasteiger partial charge in [-0.05, 0) is 36.4 Å². The zero-order valence-electron chi connectivity index (χ0n) is 15.4. The molecular formula is C22H20N2O3S. The van der Waals surface area contributed by atoms with Gasteiger partial charge in [-0.15, -0.1) is 11.3 Å². The van der Waals surface area contributed by atoms with Crippen molar-refractivity contribution in [1.82, 2.24) is 9.55 Å². The molecular weight excluding hydrogens is 372 g/mol. The minimum Gasteiger partial charge on any atom is -0.437 e. The fourth-order valence-electron chi connectivity index (χ4n) is 4.20. The van der Waals surface area contributed by atoms with E-state index in [9.17, 15) is 9.59 Å². The smallest absolute Gasteiger partial charge is 0.269 e. The van der Waals surface area contributed by atoms with E-state index >= 15 is 0 Å². The molecule has 5 rings (SSSR count). The molecule has 0 bridgehead atoms. The van der Waals surface area contributed by atoms with Crippen molar-refractivity contribution in [3.63, 3.8) is 0 Å². The lowest BCUT2D eigenvalue weighted by atomic mass is 10.1. The second-order valence-corrected chi connectivity index (χ2v) is 8.29. The largest absolute Gasteiger partial charge is 0.437 e. The molecule has 6 heteroatoms. The number of thiophene rings is 1. The minimum atomic E-state index is -0.297. The molecule has 0 spiro atoms. The quantitative estimate of drug-likeness (QED) is 0.350. The van der Waals surface area contributed by atoms with Crippen LogP contribution in [0.5, 0.6) is 0 Å². The van der Waals surface area contributed by atoms with E-state index in [1.807, 2.05) is 23.6 Å². The van der Waals surface area contributed by atoms with Crippen LogP contribution in [0.15, 0.2) is 55.8 Å². The van der Waals surface area contributed by atoms with Crippen molar-refractivity contribution in [2.75, 3.05) is 0 Å². The third-order valence-corrected chi connectivity index (χ3v) is 6.44. The summed E-state index contributed by atoms with van der Waals surface area (Å²) in [6.45, 7) is 0. The summed E-state index contributed by atoms with van der Waals surface area (Å²) in [5.74, 6) is 0.609. The number of aromatic nitrogens is 2. The topological polar surface area (TPSA) is 65.1 Å². The molecule has 142 valence electrons. The van der Waals surface area contributed by atoms with Crippen molar-refractivity contribution in [3.8, 4) is 10.7 Å². The van der Waals surface area contributed by atoms with Gasteiger partial charge in [0.25, 0.3) is 5.56 Å². The molecule has 0 unspecified atom stereocenters. The van der Waals surface area contributed by atoms with Crippen molar-refractivity contribution in [3.05, 3.63) is 62.4 Å². The second-order valence-electron chi connectivity index (χ2n) is 7.34. The molecule has 1 saturated carbocycles. The molecule has 0 atom stereocenters. The van der Waals surface area contributed by atoms with Crippen LogP contribution in [0, 0.1) is 0 Å². The first-order valence-corrected chi connectivity index (χ1v) is 10.6. The molecule has 3 heterocycles. The predicted molar refractivity (Wildman–Crippen MR) is 112 cm³/mol. The highest BCUT2D eigenvalue weighted by Gasteiger charge is 2.24. The Morgan fingerprint density at radius 3 is 2.54 bits per heavy atom. The van der Waals surface area contributed by atoms with E-state index in [4.69, 9.17) is 9.40 Å². The molecule has 1 aliphatic carbocycles. The number of rotatable bonds is 2. The lowest BCUT2D eigenvalue weighted by Gasteiger charge is -2.21. The molecule has 0 aliphatic heterocycles. The van der Waals surface area contributed by atoms with Crippen LogP contribution in [0.3, 0.4) is 0 Å². The Kier molecular flexibility index (Phi) is 4.36. The fourth-order valence-corrected chi connectivity index (χ4v) is 4.91. The normalized spacial score (nSPS) is 15.9. The molecule has 0 amide bonds. The van der Waals surface area contributed by atoms with Crippen LogP contribution in [0.25, 0.3) is 32.8 Å². The van der Waals surface area contributed by atoms with Crippen molar-refractivity contribution in [1.29, 1.82) is 0 Å². The number of benzene rings is 1. The zero-order chi connectivity index (χ0) is 19.1. The monoisotopic (exact) mass is 392 g/mol. The van der Waals surface area contributed by atoms with E-state index in [-0.39, 0.29) is 28.1 Å². The summed E-state index contributed by atoms with van der Waals surface area (Å²) in [7, 11) is 0. The van der Waals surface area contributed by atoms with Crippen LogP contribution in [0.1, 0.15) is 44.6 Å². The van der Waals surface area contributed by atoms with Gasteiger partial charge in [0.1, 0.15) is 5.58 Å². The summed E-state index contributed by atoms with van der Waals surface area (Å²) >= 11 is 1.54. The van der Waals surface area contributed by atoms with Crippen LogP contribution in [-0.2, 0) is 0 Å². The Balaban J connectivity index is 1.87. The maximum Gasteiger partial charge on any atom is 0.269 e. The van der Waals surface area contributed by atoms with E-state index in [1.165, 1.54) is 12.8 Å². The van der Waals surface area contributed by atoms with E-state index in [0.717, 1.165) is 30.6 Å². The molecule has 3 aromatic heterocycles. The second kappa shape index (κ2) is 7.02. The van der Waals surface area contributed by atoms with Crippen molar-refractivity contribution in [2.24, 2.45) is 0 Å². The van der Waals surface area contributed by atoms with Crippen molar-refractivity contribution in [2.45, 2.75) is 44.6 Å². The fraction of sp³-hybridized carbons (Fsp3) is 0.318. The lowest BCUT2D eigenvalue weighted by molar-refractivity contribution is 0.433. The average Bonchev–Trinajstić information content (AvgIpc) is 3.11. The maximum absolute atomic E-state index is 13.6. The van der Waals surface area contributed by atoms with Crippen LogP contribution < -0.4 is 11.0 Å². The number of nitrogens with zero attached hydrogens (tertiary/aromatic N) is 2. The summed E-state index contributed by atoms with van der Waals surface area (Å²) in [5.41, 5.74) is 0.00692. The number of hydrogen-bond donors (Lipinski definition) is 0. The first-order chi connectivity index (χ1) is 13.7. The molecule has 0 N–H and O–H groups in total. The Morgan fingerprint density at radius 2 is 1.79 bits per heavy atom. The summed E-state index contributed by atoms with van der Waals surface area (Å²) < 4.78 is 7.66. The molecule has 1 aliphatic rings. The van der Waals surface area contributed by atoms with E-state index in [0.29, 0.717) is 16.8 Å². The number of fused-ring (bicyclic) bond motifs is 2. The zero-order valence-corrected chi connectivity index (χ0v) is 16.2. The first-order valence-electron chi connectivity index (χ1n) is 9.76. The average molecular weight is 392 g/mol. The van der Waals surface area contributed by atoms with Crippen LogP contribution in [0.2, 0.25) is 0 Å². The first kappa shape index (κ1) is 17.4. The highest BCUT2D eigenvalue weighted by molar-refractivity contribution is 7.13. The summed E-state index contributed by atoms with van der Waals surface area (Å²) in [6.07, 6.45) is 6.42. The minimum absolute atomic E-state index is 0.0586. The highest BCUT2D eigenvalue weighted by Crippen LogP contribution is 2.32. The van der Waals surface area contributed by atoms with Gasteiger partial charge in [0.15, 0.2) is 11.2 Å². The van der Waals surface area contributed by atoms with Gasteiger partial charge in [0.05, 0.1) is 10.3 Å². The summed E-state index contributed by atoms with van der Waals surface area (Å²) in [5, 5.41) is 2.45. The van der Waals surface area contributed by atoms with E-state index in [2.05, 4.69) is 0 Å². The molecule has 5 nitrogen and oxygen atoms in total. The number of hydrogen-bond acceptors (Lipinski definition) is 5. The van der Waals surface area contributed by atoms with Crippen LogP contribution in [0.4, 0.5) is 0 Å². The standard InChI is InChI=1S/C22H20N2O3S/c25-19-15-10-5-6-11-16(15)27-21-18(19)22(26)24(14-8-3-1-2-4-9-14)20(23-21)17-12-7-13-28-17/h5-7,10-14H,1-4,8-9H2. The molecule has 4 aromatic rings. The third-order valence-electron chi connectivity index (χ3n) is 5.58. The van der Waals surface area contributed by atoms with Gasteiger partial charge < -0.3 is 4.42 Å². The summed E-state index contributed by atoms with van der Waals surface area (Å²) in [4.78, 5) is 32.3. The lowest BCUT2D eigenvalue weighted by Crippen LogP contribution is -2.30. The molecule has 1 aromatic carbocycles. The van der Waals surface area contributed by atoms with Gasteiger partial charge in [-0.2, -0.15) is 4.98 Å². The SMILES string of the molecule is O=c1c2ccccc2oc2nc(-c3cccs3)n(C3CCCCCC3)c(=O)c12.